The van der Waals surface area contributed by atoms with Crippen LogP contribution in [-0.2, 0) is 13.0 Å². The largest absolute Gasteiger partial charge is 0.348 e. The van der Waals surface area contributed by atoms with Crippen LogP contribution in [0.1, 0.15) is 58.6 Å². The number of aryl methyl sites for hydroxylation is 1. The van der Waals surface area contributed by atoms with Gasteiger partial charge in [0.1, 0.15) is 0 Å². The number of aromatic nitrogens is 2. The number of hydrogen-bond acceptors (Lipinski definition) is 3. The Labute approximate surface area is 148 Å². The number of aromatic amines is 1. The molecule has 1 amide bonds. The zero-order valence-electron chi connectivity index (χ0n) is 15.0. The molecule has 4 rings (SSSR count). The molecule has 1 saturated carbocycles. The average Bonchev–Trinajstić information content (AvgIpc) is 3.36. The molecule has 132 valence electrons. The van der Waals surface area contributed by atoms with E-state index < -0.39 is 0 Å². The molecule has 25 heavy (non-hydrogen) atoms. The summed E-state index contributed by atoms with van der Waals surface area (Å²) in [5.41, 5.74) is 5.46. The number of fused-ring (bicyclic) bond motifs is 1. The fourth-order valence-corrected chi connectivity index (χ4v) is 3.83. The van der Waals surface area contributed by atoms with E-state index in [1.807, 2.05) is 6.92 Å². The first-order valence-electron chi connectivity index (χ1n) is 9.26. The Morgan fingerprint density at radius 1 is 1.36 bits per heavy atom. The van der Waals surface area contributed by atoms with E-state index in [-0.39, 0.29) is 11.9 Å². The number of hydrogen-bond donors (Lipinski definition) is 2. The Morgan fingerprint density at radius 2 is 2.12 bits per heavy atom. The molecule has 1 aromatic heterocycles. The van der Waals surface area contributed by atoms with E-state index in [9.17, 15) is 4.79 Å². The van der Waals surface area contributed by atoms with Crippen molar-refractivity contribution in [1.29, 1.82) is 0 Å². The lowest BCUT2D eigenvalue weighted by atomic mass is 9.99. The van der Waals surface area contributed by atoms with Gasteiger partial charge in [0, 0.05) is 37.3 Å². The van der Waals surface area contributed by atoms with E-state index in [2.05, 4.69) is 51.6 Å². The minimum Gasteiger partial charge on any atom is -0.348 e. The van der Waals surface area contributed by atoms with Crippen LogP contribution in [0, 0.1) is 6.92 Å². The van der Waals surface area contributed by atoms with Gasteiger partial charge in [-0.2, -0.15) is 5.10 Å². The van der Waals surface area contributed by atoms with Gasteiger partial charge in [-0.1, -0.05) is 24.3 Å². The van der Waals surface area contributed by atoms with Crippen molar-refractivity contribution in [3.05, 3.63) is 52.3 Å². The van der Waals surface area contributed by atoms with Crippen molar-refractivity contribution in [1.82, 2.24) is 20.4 Å². The van der Waals surface area contributed by atoms with Crippen molar-refractivity contribution in [3.63, 3.8) is 0 Å². The molecule has 1 aromatic carbocycles. The Kier molecular flexibility index (Phi) is 4.34. The first-order valence-corrected chi connectivity index (χ1v) is 9.26. The fraction of sp³-hybridized carbons (Fsp3) is 0.500. The molecular formula is C20H26N4O. The lowest BCUT2D eigenvalue weighted by molar-refractivity contribution is 0.0925. The molecule has 1 atom stereocenters. The number of carbonyl (C=O) groups is 1. The molecule has 2 N–H and O–H groups in total. The van der Waals surface area contributed by atoms with Gasteiger partial charge in [-0.25, -0.2) is 0 Å². The Morgan fingerprint density at radius 3 is 2.88 bits per heavy atom. The summed E-state index contributed by atoms with van der Waals surface area (Å²) in [7, 11) is 0. The van der Waals surface area contributed by atoms with Gasteiger partial charge in [-0.3, -0.25) is 14.8 Å². The van der Waals surface area contributed by atoms with Crippen LogP contribution in [0.3, 0.4) is 0 Å². The molecule has 2 heterocycles. The van der Waals surface area contributed by atoms with Crippen LogP contribution in [0.25, 0.3) is 0 Å². The summed E-state index contributed by atoms with van der Waals surface area (Å²) < 4.78 is 0. The van der Waals surface area contributed by atoms with E-state index >= 15 is 0 Å². The molecule has 2 aromatic rings. The summed E-state index contributed by atoms with van der Waals surface area (Å²) in [5, 5.41) is 10.5. The van der Waals surface area contributed by atoms with Crippen LogP contribution in [0.4, 0.5) is 0 Å². The number of nitrogens with zero attached hydrogens (tertiary/aromatic N) is 2. The number of carbonyl (C=O) groups excluding carboxylic acids is 1. The van der Waals surface area contributed by atoms with Crippen molar-refractivity contribution in [2.75, 3.05) is 13.1 Å². The Bertz CT molecular complexity index is 778. The molecule has 0 bridgehead atoms. The third kappa shape index (κ3) is 3.47. The average molecular weight is 338 g/mol. The molecule has 0 radical (unpaired) electrons. The molecule has 5 heteroatoms. The summed E-state index contributed by atoms with van der Waals surface area (Å²) in [6.45, 7) is 6.91. The summed E-state index contributed by atoms with van der Waals surface area (Å²) in [6.07, 6.45) is 3.38. The summed E-state index contributed by atoms with van der Waals surface area (Å²) in [4.78, 5) is 15.2. The van der Waals surface area contributed by atoms with E-state index in [1.165, 1.54) is 11.1 Å². The van der Waals surface area contributed by atoms with Gasteiger partial charge in [0.2, 0.25) is 0 Å². The number of benzene rings is 1. The molecule has 0 saturated heterocycles. The van der Waals surface area contributed by atoms with Crippen LogP contribution >= 0.6 is 0 Å². The van der Waals surface area contributed by atoms with Crippen LogP contribution in [-0.4, -0.2) is 40.1 Å². The summed E-state index contributed by atoms with van der Waals surface area (Å²) in [6, 6.07) is 8.76. The van der Waals surface area contributed by atoms with Crippen molar-refractivity contribution in [3.8, 4) is 0 Å². The highest BCUT2D eigenvalue weighted by atomic mass is 16.1. The smallest absolute Gasteiger partial charge is 0.255 e. The zero-order chi connectivity index (χ0) is 17.4. The molecular weight excluding hydrogens is 312 g/mol. The molecule has 0 spiro atoms. The Hall–Kier alpha value is -2.14. The predicted octanol–water partition coefficient (Wildman–Crippen LogP) is 2.77. The van der Waals surface area contributed by atoms with Crippen LogP contribution in [0.5, 0.6) is 0 Å². The first kappa shape index (κ1) is 16.3. The van der Waals surface area contributed by atoms with E-state index in [0.717, 1.165) is 55.8 Å². The second-order valence-electron chi connectivity index (χ2n) is 7.51. The van der Waals surface area contributed by atoms with Gasteiger partial charge in [-0.15, -0.1) is 0 Å². The maximum atomic E-state index is 12.7. The second-order valence-corrected chi connectivity index (χ2v) is 7.51. The van der Waals surface area contributed by atoms with E-state index in [0.29, 0.717) is 5.92 Å². The number of nitrogens with one attached hydrogen (secondary N) is 2. The highest BCUT2D eigenvalue weighted by Gasteiger charge is 2.32. The summed E-state index contributed by atoms with van der Waals surface area (Å²) >= 11 is 0. The fourth-order valence-electron chi connectivity index (χ4n) is 3.83. The molecule has 1 fully saturated rings. The van der Waals surface area contributed by atoms with Gasteiger partial charge < -0.3 is 5.32 Å². The number of amides is 1. The van der Waals surface area contributed by atoms with Crippen LogP contribution in [0.15, 0.2) is 24.3 Å². The van der Waals surface area contributed by atoms with E-state index in [1.54, 1.807) is 0 Å². The minimum absolute atomic E-state index is 0.0121. The topological polar surface area (TPSA) is 61.0 Å². The third-order valence-electron chi connectivity index (χ3n) is 5.29. The molecule has 1 aliphatic carbocycles. The third-order valence-corrected chi connectivity index (χ3v) is 5.29. The normalized spacial score (nSPS) is 18.6. The van der Waals surface area contributed by atoms with Crippen molar-refractivity contribution >= 4 is 5.91 Å². The minimum atomic E-state index is 0.0121. The molecule has 2 aliphatic rings. The van der Waals surface area contributed by atoms with E-state index in [4.69, 9.17) is 0 Å². The lowest BCUT2D eigenvalue weighted by Gasteiger charge is -2.31. The summed E-state index contributed by atoms with van der Waals surface area (Å²) in [5.74, 6) is 0.484. The van der Waals surface area contributed by atoms with Gasteiger partial charge in [0.25, 0.3) is 5.91 Å². The number of H-pyrrole nitrogens is 1. The standard InChI is InChI=1S/C20H26N4O/c1-13(11-24-10-9-15-5-3-4-6-17(15)12-24)21-20(25)18-14(2)22-23-19(18)16-7-8-16/h3-6,13,16H,7-12H2,1-2H3,(H,21,25)(H,22,23)/t13-/m1/s1. The maximum absolute atomic E-state index is 12.7. The van der Waals surface area contributed by atoms with Crippen LogP contribution in [0.2, 0.25) is 0 Å². The van der Waals surface area contributed by atoms with Gasteiger partial charge in [-0.05, 0) is 44.2 Å². The highest BCUT2D eigenvalue weighted by molar-refractivity contribution is 5.96. The highest BCUT2D eigenvalue weighted by Crippen LogP contribution is 2.41. The predicted molar refractivity (Wildman–Crippen MR) is 97.7 cm³/mol. The van der Waals surface area contributed by atoms with Gasteiger partial charge >= 0.3 is 0 Å². The van der Waals surface area contributed by atoms with Crippen LogP contribution < -0.4 is 5.32 Å². The zero-order valence-corrected chi connectivity index (χ0v) is 15.0. The number of rotatable bonds is 5. The lowest BCUT2D eigenvalue weighted by Crippen LogP contribution is -2.43. The quantitative estimate of drug-likeness (QED) is 0.881. The SMILES string of the molecule is Cc1[nH]nc(C2CC2)c1C(=O)N[C@H](C)CN1CCc2ccccc2C1. The maximum Gasteiger partial charge on any atom is 0.255 e. The molecule has 5 nitrogen and oxygen atoms in total. The molecule has 1 aliphatic heterocycles. The van der Waals surface area contributed by atoms with Crippen molar-refractivity contribution in [2.45, 2.75) is 51.6 Å². The van der Waals surface area contributed by atoms with Crippen molar-refractivity contribution < 1.29 is 4.79 Å². The van der Waals surface area contributed by atoms with Gasteiger partial charge in [0.15, 0.2) is 0 Å². The monoisotopic (exact) mass is 338 g/mol. The molecule has 0 unspecified atom stereocenters. The van der Waals surface area contributed by atoms with Crippen molar-refractivity contribution in [2.24, 2.45) is 0 Å². The Balaban J connectivity index is 1.37. The second kappa shape index (κ2) is 6.64. The van der Waals surface area contributed by atoms with Gasteiger partial charge in [0.05, 0.1) is 11.3 Å². The first-order chi connectivity index (χ1) is 12.1.